The number of nitrogens with zero attached hydrogens (tertiary/aromatic N) is 2. The number of hydrogen-bond donors (Lipinski definition) is 2. The summed E-state index contributed by atoms with van der Waals surface area (Å²) >= 11 is 1.43. The van der Waals surface area contributed by atoms with Crippen LogP contribution in [0.4, 0.5) is 24.5 Å². The molecule has 1 aliphatic carbocycles. The fourth-order valence-electron chi connectivity index (χ4n) is 4.22. The first kappa shape index (κ1) is 23.0. The summed E-state index contributed by atoms with van der Waals surface area (Å²) in [7, 11) is 0. The van der Waals surface area contributed by atoms with Crippen LogP contribution in [0.1, 0.15) is 44.9 Å². The Labute approximate surface area is 190 Å². The predicted octanol–water partition coefficient (Wildman–Crippen LogP) is 3.84. The van der Waals surface area contributed by atoms with Crippen LogP contribution in [0.25, 0.3) is 0 Å². The van der Waals surface area contributed by atoms with Crippen LogP contribution in [-0.2, 0) is 23.8 Å². The maximum atomic E-state index is 12.9. The van der Waals surface area contributed by atoms with E-state index in [-0.39, 0.29) is 30.6 Å². The molecule has 8 nitrogen and oxygen atoms in total. The van der Waals surface area contributed by atoms with E-state index in [1.807, 2.05) is 6.07 Å². The quantitative estimate of drug-likeness (QED) is 0.509. The molecule has 2 N–H and O–H groups in total. The van der Waals surface area contributed by atoms with E-state index in [1.54, 1.807) is 4.90 Å². The van der Waals surface area contributed by atoms with Crippen molar-refractivity contribution < 1.29 is 27.7 Å². The molecule has 0 bridgehead atoms. The Morgan fingerprint density at radius 1 is 1.12 bits per heavy atom. The van der Waals surface area contributed by atoms with Crippen molar-refractivity contribution in [3.63, 3.8) is 0 Å². The average Bonchev–Trinajstić information content (AvgIpc) is 3.39. The molecule has 0 saturated carbocycles. The number of carbonyl (C=O) groups excluding carboxylic acids is 2. The highest BCUT2D eigenvalue weighted by molar-refractivity contribution is 7.14. The number of piperidine rings is 1. The predicted molar refractivity (Wildman–Crippen MR) is 115 cm³/mol. The summed E-state index contributed by atoms with van der Waals surface area (Å²) in [5.41, 5.74) is 4.44. The van der Waals surface area contributed by atoms with Crippen molar-refractivity contribution in [3.8, 4) is 0 Å². The minimum absolute atomic E-state index is 0.0888. The standard InChI is InChI=1S/C21H21F3N4O4S/c22-21(23,24)14-4-5-15(16(11-14)28(31)32)27-8-6-12(7-9-27)19(29)25-26-20(30)18-10-13-2-1-3-17(13)33-18/h4-5,10-12H,1-3,6-9H2,(H,25,29)(H,26,30). The van der Waals surface area contributed by atoms with Crippen molar-refractivity contribution >= 4 is 34.5 Å². The number of alkyl halides is 3. The fourth-order valence-corrected chi connectivity index (χ4v) is 5.37. The van der Waals surface area contributed by atoms with E-state index in [4.69, 9.17) is 0 Å². The van der Waals surface area contributed by atoms with Gasteiger partial charge < -0.3 is 4.90 Å². The van der Waals surface area contributed by atoms with Crippen LogP contribution >= 0.6 is 11.3 Å². The third kappa shape index (κ3) is 4.95. The van der Waals surface area contributed by atoms with Crippen LogP contribution < -0.4 is 15.8 Å². The summed E-state index contributed by atoms with van der Waals surface area (Å²) in [4.78, 5) is 38.6. The number of anilines is 1. The van der Waals surface area contributed by atoms with Crippen LogP contribution in [0.2, 0.25) is 0 Å². The molecule has 0 atom stereocenters. The summed E-state index contributed by atoms with van der Waals surface area (Å²) < 4.78 is 38.7. The van der Waals surface area contributed by atoms with Gasteiger partial charge in [-0.25, -0.2) is 0 Å². The molecule has 176 valence electrons. The van der Waals surface area contributed by atoms with Crippen LogP contribution in [0, 0.1) is 16.0 Å². The monoisotopic (exact) mass is 482 g/mol. The lowest BCUT2D eigenvalue weighted by Gasteiger charge is -2.32. The third-order valence-corrected chi connectivity index (χ3v) is 7.21. The molecule has 33 heavy (non-hydrogen) atoms. The molecule has 0 spiro atoms. The molecule has 2 amide bonds. The third-order valence-electron chi connectivity index (χ3n) is 5.98. The SMILES string of the molecule is O=C(NNC(=O)C1CCN(c2ccc(C(F)(F)F)cc2[N+](=O)[O-])CC1)c1cc2c(s1)CCC2. The zero-order chi connectivity index (χ0) is 23.8. The Morgan fingerprint density at radius 2 is 1.85 bits per heavy atom. The molecule has 1 aliphatic heterocycles. The van der Waals surface area contributed by atoms with Gasteiger partial charge in [-0.3, -0.25) is 30.6 Å². The van der Waals surface area contributed by atoms with Gasteiger partial charge in [0.1, 0.15) is 5.69 Å². The van der Waals surface area contributed by atoms with Gasteiger partial charge in [-0.15, -0.1) is 11.3 Å². The Balaban J connectivity index is 1.33. The molecule has 1 fully saturated rings. The van der Waals surface area contributed by atoms with E-state index in [2.05, 4.69) is 10.9 Å². The van der Waals surface area contributed by atoms with Crippen molar-refractivity contribution in [1.82, 2.24) is 10.9 Å². The fraction of sp³-hybridized carbons (Fsp3) is 0.429. The number of benzene rings is 1. The lowest BCUT2D eigenvalue weighted by atomic mass is 9.95. The molecule has 1 saturated heterocycles. The van der Waals surface area contributed by atoms with Crippen molar-refractivity contribution in [1.29, 1.82) is 0 Å². The number of thiophene rings is 1. The molecule has 1 aromatic heterocycles. The summed E-state index contributed by atoms with van der Waals surface area (Å²) in [5.74, 6) is -1.17. The topological polar surface area (TPSA) is 105 Å². The second kappa shape index (κ2) is 9.00. The highest BCUT2D eigenvalue weighted by Crippen LogP contribution is 2.37. The van der Waals surface area contributed by atoms with Gasteiger partial charge >= 0.3 is 6.18 Å². The number of hydrazine groups is 1. The summed E-state index contributed by atoms with van der Waals surface area (Å²) in [6, 6.07) is 4.30. The van der Waals surface area contributed by atoms with E-state index in [9.17, 15) is 32.9 Å². The summed E-state index contributed by atoms with van der Waals surface area (Å²) in [5, 5.41) is 11.3. The molecule has 12 heteroatoms. The number of carbonyl (C=O) groups is 2. The molecule has 1 aromatic carbocycles. The van der Waals surface area contributed by atoms with E-state index in [0.717, 1.165) is 31.4 Å². The number of nitro benzene ring substituents is 1. The second-order valence-corrected chi connectivity index (χ2v) is 9.21. The molecule has 0 radical (unpaired) electrons. The minimum Gasteiger partial charge on any atom is -0.366 e. The second-order valence-electron chi connectivity index (χ2n) is 8.08. The first-order valence-corrected chi connectivity index (χ1v) is 11.3. The van der Waals surface area contributed by atoms with Gasteiger partial charge in [0, 0.05) is 30.0 Å². The van der Waals surface area contributed by atoms with Gasteiger partial charge in [-0.05, 0) is 55.9 Å². The van der Waals surface area contributed by atoms with E-state index >= 15 is 0 Å². The number of fused-ring (bicyclic) bond motifs is 1. The van der Waals surface area contributed by atoms with Crippen molar-refractivity contribution in [3.05, 3.63) is 55.3 Å². The van der Waals surface area contributed by atoms with Gasteiger partial charge in [0.15, 0.2) is 0 Å². The van der Waals surface area contributed by atoms with Crippen LogP contribution in [-0.4, -0.2) is 29.8 Å². The van der Waals surface area contributed by atoms with Crippen LogP contribution in [0.15, 0.2) is 24.3 Å². The Kier molecular flexibility index (Phi) is 6.28. The highest BCUT2D eigenvalue weighted by atomic mass is 32.1. The number of nitrogens with one attached hydrogen (secondary N) is 2. The zero-order valence-electron chi connectivity index (χ0n) is 17.4. The van der Waals surface area contributed by atoms with Crippen molar-refractivity contribution in [2.24, 2.45) is 5.92 Å². The minimum atomic E-state index is -4.68. The first-order chi connectivity index (χ1) is 15.6. The number of rotatable bonds is 4. The lowest BCUT2D eigenvalue weighted by Crippen LogP contribution is -2.47. The maximum Gasteiger partial charge on any atom is 0.416 e. The molecule has 2 heterocycles. The highest BCUT2D eigenvalue weighted by Gasteiger charge is 2.35. The molecule has 0 unspecified atom stereocenters. The first-order valence-electron chi connectivity index (χ1n) is 10.5. The Hall–Kier alpha value is -3.15. The molecule has 2 aromatic rings. The number of aryl methyl sites for hydroxylation is 2. The normalized spacial score (nSPS) is 16.4. The molecular formula is C21H21F3N4O4S. The maximum absolute atomic E-state index is 12.9. The number of nitro groups is 1. The van der Waals surface area contributed by atoms with Crippen molar-refractivity contribution in [2.75, 3.05) is 18.0 Å². The van der Waals surface area contributed by atoms with E-state index in [0.29, 0.717) is 23.8 Å². The number of amides is 2. The van der Waals surface area contributed by atoms with Gasteiger partial charge in [0.2, 0.25) is 5.91 Å². The molecular weight excluding hydrogens is 461 g/mol. The van der Waals surface area contributed by atoms with Gasteiger partial charge in [-0.1, -0.05) is 0 Å². The Morgan fingerprint density at radius 3 is 2.48 bits per heavy atom. The van der Waals surface area contributed by atoms with E-state index in [1.165, 1.54) is 21.8 Å². The van der Waals surface area contributed by atoms with Crippen molar-refractivity contribution in [2.45, 2.75) is 38.3 Å². The number of hydrogen-bond acceptors (Lipinski definition) is 6. The average molecular weight is 482 g/mol. The number of halogens is 3. The summed E-state index contributed by atoms with van der Waals surface area (Å²) in [6.45, 7) is 0.520. The Bertz CT molecular complexity index is 1070. The van der Waals surface area contributed by atoms with Gasteiger partial charge in [0.25, 0.3) is 11.6 Å². The largest absolute Gasteiger partial charge is 0.416 e. The smallest absolute Gasteiger partial charge is 0.366 e. The molecule has 4 rings (SSSR count). The van der Waals surface area contributed by atoms with E-state index < -0.39 is 28.3 Å². The van der Waals surface area contributed by atoms with Crippen LogP contribution in [0.5, 0.6) is 0 Å². The lowest BCUT2D eigenvalue weighted by molar-refractivity contribution is -0.384. The van der Waals surface area contributed by atoms with Gasteiger partial charge in [-0.2, -0.15) is 13.2 Å². The molecule has 2 aliphatic rings. The van der Waals surface area contributed by atoms with Crippen LogP contribution in [0.3, 0.4) is 0 Å². The van der Waals surface area contributed by atoms with Gasteiger partial charge in [0.05, 0.1) is 15.4 Å². The summed E-state index contributed by atoms with van der Waals surface area (Å²) in [6.07, 6.45) is -0.979. The zero-order valence-corrected chi connectivity index (χ0v) is 18.2.